The van der Waals surface area contributed by atoms with E-state index in [9.17, 15) is 18.4 Å². The summed E-state index contributed by atoms with van der Waals surface area (Å²) in [6.45, 7) is 0.134. The van der Waals surface area contributed by atoms with E-state index in [0.29, 0.717) is 30.6 Å². The fourth-order valence-corrected chi connectivity index (χ4v) is 3.44. The number of amides is 1. The standard InChI is InChI=1S/C28H25F2N3O5/c29-20-12-15-25(23(30)17-20)36-16-6-2-5-9-24(34)27(35)31-18-26-32-33-28(38-26)19-10-13-22(14-11-19)37-21-7-3-1-4-8-21/h1,3-4,7-8,10-15,17H,2,5-6,9,16,18H2,(H,31,35). The zero-order valence-corrected chi connectivity index (χ0v) is 20.4. The molecule has 0 saturated carbocycles. The average molecular weight is 522 g/mol. The molecule has 0 fully saturated rings. The van der Waals surface area contributed by atoms with E-state index < -0.39 is 23.3 Å². The van der Waals surface area contributed by atoms with Gasteiger partial charge in [0.1, 0.15) is 17.3 Å². The number of halogens is 2. The van der Waals surface area contributed by atoms with Crippen molar-refractivity contribution < 1.29 is 32.3 Å². The van der Waals surface area contributed by atoms with Crippen molar-refractivity contribution in [2.75, 3.05) is 6.61 Å². The molecule has 196 valence electrons. The maximum absolute atomic E-state index is 13.5. The summed E-state index contributed by atoms with van der Waals surface area (Å²) >= 11 is 0. The summed E-state index contributed by atoms with van der Waals surface area (Å²) in [6, 6.07) is 19.6. The second-order valence-corrected chi connectivity index (χ2v) is 8.28. The van der Waals surface area contributed by atoms with E-state index in [1.807, 2.05) is 30.3 Å². The number of aromatic nitrogens is 2. The van der Waals surface area contributed by atoms with Crippen LogP contribution in [0.2, 0.25) is 0 Å². The molecule has 0 unspecified atom stereocenters. The molecule has 0 spiro atoms. The monoisotopic (exact) mass is 521 g/mol. The molecule has 4 aromatic rings. The van der Waals surface area contributed by atoms with Crippen molar-refractivity contribution in [3.05, 3.63) is 90.3 Å². The summed E-state index contributed by atoms with van der Waals surface area (Å²) in [5.41, 5.74) is 0.678. The van der Waals surface area contributed by atoms with Crippen LogP contribution in [-0.4, -0.2) is 28.5 Å². The Hall–Kier alpha value is -4.60. The number of ketones is 1. The van der Waals surface area contributed by atoms with Crippen LogP contribution in [0.15, 0.2) is 77.2 Å². The van der Waals surface area contributed by atoms with Crippen molar-refractivity contribution in [1.82, 2.24) is 15.5 Å². The lowest BCUT2D eigenvalue weighted by Crippen LogP contribution is -2.30. The largest absolute Gasteiger partial charge is 0.491 e. The maximum atomic E-state index is 13.5. The molecule has 0 aliphatic carbocycles. The Bertz CT molecular complexity index is 1360. The zero-order chi connectivity index (χ0) is 26.7. The van der Waals surface area contributed by atoms with Crippen molar-refractivity contribution in [3.63, 3.8) is 0 Å². The molecule has 0 atom stereocenters. The molecule has 1 heterocycles. The minimum atomic E-state index is -0.767. The SMILES string of the molecule is O=C(CCCCCOc1ccc(F)cc1F)C(=O)NCc1nnc(-c2ccc(Oc3ccccc3)cc2)o1. The molecule has 1 aromatic heterocycles. The first kappa shape index (κ1) is 26.5. The van der Waals surface area contributed by atoms with Crippen molar-refractivity contribution in [2.24, 2.45) is 0 Å². The van der Waals surface area contributed by atoms with E-state index in [2.05, 4.69) is 15.5 Å². The van der Waals surface area contributed by atoms with E-state index in [0.717, 1.165) is 17.9 Å². The predicted molar refractivity (Wildman–Crippen MR) is 133 cm³/mol. The molecule has 3 aromatic carbocycles. The number of unbranched alkanes of at least 4 members (excludes halogenated alkanes) is 2. The number of nitrogens with zero attached hydrogens (tertiary/aromatic N) is 2. The number of Topliss-reactive ketones (excluding diaryl/α,β-unsaturated/α-hetero) is 1. The van der Waals surface area contributed by atoms with Gasteiger partial charge in [0.2, 0.25) is 17.6 Å². The first-order chi connectivity index (χ1) is 18.5. The van der Waals surface area contributed by atoms with Crippen LogP contribution in [-0.2, 0) is 16.1 Å². The zero-order valence-electron chi connectivity index (χ0n) is 20.4. The molecular weight excluding hydrogens is 496 g/mol. The van der Waals surface area contributed by atoms with Crippen LogP contribution < -0.4 is 14.8 Å². The Morgan fingerprint density at radius 2 is 1.63 bits per heavy atom. The molecule has 1 amide bonds. The molecule has 10 heteroatoms. The van der Waals surface area contributed by atoms with E-state index >= 15 is 0 Å². The van der Waals surface area contributed by atoms with Crippen LogP contribution in [0, 0.1) is 11.6 Å². The minimum absolute atomic E-state index is 0.0277. The second kappa shape index (κ2) is 13.1. The molecule has 0 aliphatic rings. The molecular formula is C28H25F2N3O5. The highest BCUT2D eigenvalue weighted by Crippen LogP contribution is 2.25. The van der Waals surface area contributed by atoms with Gasteiger partial charge in [0.05, 0.1) is 13.2 Å². The normalized spacial score (nSPS) is 10.7. The quantitative estimate of drug-likeness (QED) is 0.180. The topological polar surface area (TPSA) is 104 Å². The number of carbonyl (C=O) groups excluding carboxylic acids is 2. The van der Waals surface area contributed by atoms with Gasteiger partial charge in [0.15, 0.2) is 11.6 Å². The number of hydrogen-bond acceptors (Lipinski definition) is 7. The number of para-hydroxylation sites is 1. The summed E-state index contributed by atoms with van der Waals surface area (Å²) in [5, 5.41) is 10.4. The number of hydrogen-bond donors (Lipinski definition) is 1. The molecule has 0 radical (unpaired) electrons. The van der Waals surface area contributed by atoms with Crippen LogP contribution in [0.5, 0.6) is 17.2 Å². The smallest absolute Gasteiger partial charge is 0.287 e. The van der Waals surface area contributed by atoms with Crippen LogP contribution >= 0.6 is 0 Å². The lowest BCUT2D eigenvalue weighted by Gasteiger charge is -2.07. The summed E-state index contributed by atoms with van der Waals surface area (Å²) < 4.78 is 43.0. The third-order valence-corrected chi connectivity index (χ3v) is 5.40. The number of carbonyl (C=O) groups is 2. The Kier molecular flexibility index (Phi) is 9.12. The van der Waals surface area contributed by atoms with E-state index in [1.165, 1.54) is 6.07 Å². The molecule has 8 nitrogen and oxygen atoms in total. The molecule has 0 aliphatic heterocycles. The van der Waals surface area contributed by atoms with Crippen LogP contribution in [0.3, 0.4) is 0 Å². The van der Waals surface area contributed by atoms with Gasteiger partial charge >= 0.3 is 0 Å². The Balaban J connectivity index is 1.14. The lowest BCUT2D eigenvalue weighted by atomic mass is 10.1. The first-order valence-electron chi connectivity index (χ1n) is 12.0. The lowest BCUT2D eigenvalue weighted by molar-refractivity contribution is -0.138. The van der Waals surface area contributed by atoms with Crippen LogP contribution in [0.25, 0.3) is 11.5 Å². The third kappa shape index (κ3) is 7.70. The molecule has 0 saturated heterocycles. The van der Waals surface area contributed by atoms with E-state index in [4.69, 9.17) is 13.9 Å². The average Bonchev–Trinajstić information content (AvgIpc) is 3.40. The number of nitrogens with one attached hydrogen (secondary N) is 1. The van der Waals surface area contributed by atoms with Gasteiger partial charge in [0, 0.05) is 18.1 Å². The van der Waals surface area contributed by atoms with Crippen molar-refractivity contribution in [3.8, 4) is 28.7 Å². The highest BCUT2D eigenvalue weighted by Gasteiger charge is 2.15. The first-order valence-corrected chi connectivity index (χ1v) is 12.0. The Labute approximate surface area is 217 Å². The third-order valence-electron chi connectivity index (χ3n) is 5.40. The molecule has 0 bridgehead atoms. The summed E-state index contributed by atoms with van der Waals surface area (Å²) in [7, 11) is 0. The van der Waals surface area contributed by atoms with Gasteiger partial charge in [-0.05, 0) is 67.8 Å². The highest BCUT2D eigenvalue weighted by atomic mass is 19.1. The minimum Gasteiger partial charge on any atom is -0.491 e. The van der Waals surface area contributed by atoms with Gasteiger partial charge < -0.3 is 19.2 Å². The van der Waals surface area contributed by atoms with Crippen molar-refractivity contribution in [1.29, 1.82) is 0 Å². The Morgan fingerprint density at radius 3 is 2.39 bits per heavy atom. The predicted octanol–water partition coefficient (Wildman–Crippen LogP) is 5.63. The van der Waals surface area contributed by atoms with E-state index in [1.54, 1.807) is 24.3 Å². The molecule has 1 N–H and O–H groups in total. The Morgan fingerprint density at radius 1 is 0.868 bits per heavy atom. The summed E-state index contributed by atoms with van der Waals surface area (Å²) in [5.74, 6) is -0.965. The summed E-state index contributed by atoms with van der Waals surface area (Å²) in [4.78, 5) is 24.2. The van der Waals surface area contributed by atoms with Gasteiger partial charge in [-0.25, -0.2) is 8.78 Å². The van der Waals surface area contributed by atoms with Crippen LogP contribution in [0.1, 0.15) is 31.6 Å². The number of ether oxygens (including phenoxy) is 2. The number of benzene rings is 3. The van der Waals surface area contributed by atoms with Gasteiger partial charge in [-0.3, -0.25) is 9.59 Å². The molecule has 38 heavy (non-hydrogen) atoms. The number of rotatable bonds is 13. The van der Waals surface area contributed by atoms with Crippen LogP contribution in [0.4, 0.5) is 8.78 Å². The van der Waals surface area contributed by atoms with Gasteiger partial charge in [-0.1, -0.05) is 18.2 Å². The van der Waals surface area contributed by atoms with E-state index in [-0.39, 0.29) is 37.1 Å². The van der Waals surface area contributed by atoms with Crippen molar-refractivity contribution in [2.45, 2.75) is 32.2 Å². The maximum Gasteiger partial charge on any atom is 0.287 e. The van der Waals surface area contributed by atoms with Crippen molar-refractivity contribution >= 4 is 11.7 Å². The van der Waals surface area contributed by atoms with Gasteiger partial charge in [0.25, 0.3) is 5.91 Å². The summed E-state index contributed by atoms with van der Waals surface area (Å²) in [6.07, 6.45) is 1.68. The van der Waals surface area contributed by atoms with Gasteiger partial charge in [-0.15, -0.1) is 10.2 Å². The highest BCUT2D eigenvalue weighted by molar-refractivity contribution is 6.36. The fourth-order valence-electron chi connectivity index (χ4n) is 3.44. The van der Waals surface area contributed by atoms with Gasteiger partial charge in [-0.2, -0.15) is 0 Å². The second-order valence-electron chi connectivity index (χ2n) is 8.28. The fraction of sp³-hybridized carbons (Fsp3) is 0.214. The molecule has 4 rings (SSSR count).